The molecule has 0 aliphatic rings. The zero-order valence-electron chi connectivity index (χ0n) is 8.83. The molecular formula is C14H12ClN. The first-order chi connectivity index (χ1) is 7.83. The van der Waals surface area contributed by atoms with Crippen LogP contribution in [0.1, 0.15) is 12.0 Å². The van der Waals surface area contributed by atoms with E-state index in [1.807, 2.05) is 36.4 Å². The van der Waals surface area contributed by atoms with Gasteiger partial charge in [-0.3, -0.25) is 0 Å². The number of benzene rings is 2. The lowest BCUT2D eigenvalue weighted by Gasteiger charge is -2.03. The van der Waals surface area contributed by atoms with Crippen LogP contribution in [0.2, 0.25) is 0 Å². The summed E-state index contributed by atoms with van der Waals surface area (Å²) in [6.45, 7) is 0. The second-order valence-corrected chi connectivity index (χ2v) is 3.87. The molecule has 80 valence electrons. The molecule has 0 spiro atoms. The molecule has 0 bridgehead atoms. The largest absolute Gasteiger partial charge is 0.398 e. The van der Waals surface area contributed by atoms with Crippen LogP contribution in [-0.2, 0) is 0 Å². The van der Waals surface area contributed by atoms with E-state index < -0.39 is 0 Å². The van der Waals surface area contributed by atoms with Crippen LogP contribution in [-0.4, -0.2) is 5.88 Å². The number of nitrogens with two attached hydrogens (primary N) is 1. The van der Waals surface area contributed by atoms with Gasteiger partial charge in [-0.2, -0.15) is 0 Å². The van der Waals surface area contributed by atoms with Gasteiger partial charge < -0.3 is 5.73 Å². The van der Waals surface area contributed by atoms with Gasteiger partial charge >= 0.3 is 0 Å². The maximum Gasteiger partial charge on any atom is 0.0394 e. The van der Waals surface area contributed by atoms with Crippen molar-refractivity contribution in [2.24, 2.45) is 0 Å². The van der Waals surface area contributed by atoms with Crippen molar-refractivity contribution < 1.29 is 0 Å². The molecule has 2 N–H and O–H groups in total. The second kappa shape index (κ2) is 4.92. The zero-order chi connectivity index (χ0) is 11.4. The zero-order valence-corrected chi connectivity index (χ0v) is 9.59. The third kappa shape index (κ3) is 2.13. The fraction of sp³-hybridized carbons (Fsp3) is 0.143. The SMILES string of the molecule is Nc1ccc(C#CCCCl)c2ccccc12. The van der Waals surface area contributed by atoms with E-state index in [4.69, 9.17) is 17.3 Å². The highest BCUT2D eigenvalue weighted by atomic mass is 35.5. The van der Waals surface area contributed by atoms with Gasteiger partial charge in [-0.05, 0) is 17.5 Å². The van der Waals surface area contributed by atoms with E-state index in [2.05, 4.69) is 11.8 Å². The lowest BCUT2D eigenvalue weighted by Crippen LogP contribution is -1.88. The highest BCUT2D eigenvalue weighted by Crippen LogP contribution is 2.23. The Bertz CT molecular complexity index is 564. The summed E-state index contributed by atoms with van der Waals surface area (Å²) in [6.07, 6.45) is 0.709. The summed E-state index contributed by atoms with van der Waals surface area (Å²) < 4.78 is 0. The molecule has 0 atom stereocenters. The first-order valence-corrected chi connectivity index (χ1v) is 5.68. The fourth-order valence-corrected chi connectivity index (χ4v) is 1.73. The van der Waals surface area contributed by atoms with Gasteiger partial charge in [0.1, 0.15) is 0 Å². The Hall–Kier alpha value is -1.65. The third-order valence-corrected chi connectivity index (χ3v) is 2.59. The van der Waals surface area contributed by atoms with E-state index in [1.54, 1.807) is 0 Å². The van der Waals surface area contributed by atoms with Gasteiger partial charge in [-0.25, -0.2) is 0 Å². The number of anilines is 1. The van der Waals surface area contributed by atoms with Crippen molar-refractivity contribution >= 4 is 28.1 Å². The molecule has 0 unspecified atom stereocenters. The Morgan fingerprint density at radius 2 is 1.81 bits per heavy atom. The van der Waals surface area contributed by atoms with Crippen molar-refractivity contribution in [3.8, 4) is 11.8 Å². The highest BCUT2D eigenvalue weighted by molar-refractivity contribution is 6.18. The molecule has 0 radical (unpaired) electrons. The molecule has 2 heteroatoms. The van der Waals surface area contributed by atoms with E-state index in [0.29, 0.717) is 12.3 Å². The normalized spacial score (nSPS) is 9.81. The molecule has 0 aliphatic heterocycles. The highest BCUT2D eigenvalue weighted by Gasteiger charge is 2.00. The van der Waals surface area contributed by atoms with Crippen LogP contribution >= 0.6 is 11.6 Å². The Balaban J connectivity index is 2.56. The predicted octanol–water partition coefficient (Wildman–Crippen LogP) is 3.40. The monoisotopic (exact) mass is 229 g/mol. The van der Waals surface area contributed by atoms with Crippen LogP contribution in [0.5, 0.6) is 0 Å². The number of hydrogen-bond acceptors (Lipinski definition) is 1. The quantitative estimate of drug-likeness (QED) is 0.453. The molecule has 0 heterocycles. The maximum atomic E-state index is 5.91. The van der Waals surface area contributed by atoms with Crippen LogP contribution in [0.25, 0.3) is 10.8 Å². The molecule has 0 aromatic heterocycles. The van der Waals surface area contributed by atoms with E-state index in [9.17, 15) is 0 Å². The predicted molar refractivity (Wildman–Crippen MR) is 70.6 cm³/mol. The summed E-state index contributed by atoms with van der Waals surface area (Å²) in [7, 11) is 0. The van der Waals surface area contributed by atoms with E-state index in [0.717, 1.165) is 22.0 Å². The first kappa shape index (κ1) is 10.9. The smallest absolute Gasteiger partial charge is 0.0394 e. The van der Waals surface area contributed by atoms with Crippen molar-refractivity contribution in [1.82, 2.24) is 0 Å². The molecule has 2 rings (SSSR count). The van der Waals surface area contributed by atoms with E-state index in [1.165, 1.54) is 0 Å². The Labute approximate surface area is 100 Å². The van der Waals surface area contributed by atoms with Crippen LogP contribution < -0.4 is 5.73 Å². The van der Waals surface area contributed by atoms with Crippen molar-refractivity contribution in [3.63, 3.8) is 0 Å². The van der Waals surface area contributed by atoms with E-state index in [-0.39, 0.29) is 0 Å². The van der Waals surface area contributed by atoms with Gasteiger partial charge in [0.2, 0.25) is 0 Å². The lowest BCUT2D eigenvalue weighted by molar-refractivity contribution is 1.29. The van der Waals surface area contributed by atoms with Gasteiger partial charge in [0.25, 0.3) is 0 Å². The molecule has 0 saturated carbocycles. The first-order valence-electron chi connectivity index (χ1n) is 5.15. The fourth-order valence-electron chi connectivity index (χ4n) is 1.64. The van der Waals surface area contributed by atoms with Crippen molar-refractivity contribution in [1.29, 1.82) is 0 Å². The van der Waals surface area contributed by atoms with Gasteiger partial charge in [0.15, 0.2) is 0 Å². The van der Waals surface area contributed by atoms with Gasteiger partial charge in [-0.1, -0.05) is 36.1 Å². The van der Waals surface area contributed by atoms with Crippen molar-refractivity contribution in [3.05, 3.63) is 42.0 Å². The molecule has 16 heavy (non-hydrogen) atoms. The van der Waals surface area contributed by atoms with Crippen LogP contribution in [0.3, 0.4) is 0 Å². The average molecular weight is 230 g/mol. The minimum absolute atomic E-state index is 0.569. The van der Waals surface area contributed by atoms with Gasteiger partial charge in [0.05, 0.1) is 0 Å². The standard InChI is InChI=1S/C14H12ClN/c15-10-4-3-5-11-8-9-14(16)13-7-2-1-6-12(11)13/h1-2,6-9H,4,10,16H2. The Morgan fingerprint density at radius 1 is 1.06 bits per heavy atom. The molecule has 2 aromatic rings. The minimum atomic E-state index is 0.569. The topological polar surface area (TPSA) is 26.0 Å². The molecular weight excluding hydrogens is 218 g/mol. The number of halogens is 1. The number of fused-ring (bicyclic) bond motifs is 1. The van der Waals surface area contributed by atoms with Crippen molar-refractivity contribution in [2.45, 2.75) is 6.42 Å². The summed E-state index contributed by atoms with van der Waals surface area (Å²) in [5, 5.41) is 2.16. The molecule has 0 fully saturated rings. The number of hydrogen-bond donors (Lipinski definition) is 1. The summed E-state index contributed by atoms with van der Waals surface area (Å²) in [5.74, 6) is 6.74. The van der Waals surface area contributed by atoms with Crippen molar-refractivity contribution in [2.75, 3.05) is 11.6 Å². The summed E-state index contributed by atoms with van der Waals surface area (Å²) in [4.78, 5) is 0. The Kier molecular flexibility index (Phi) is 3.34. The van der Waals surface area contributed by atoms with Crippen LogP contribution in [0, 0.1) is 11.8 Å². The molecule has 1 nitrogen and oxygen atoms in total. The number of nitrogen functional groups attached to an aromatic ring is 1. The number of rotatable bonds is 1. The van der Waals surface area contributed by atoms with Gasteiger partial charge in [-0.15, -0.1) is 11.6 Å². The summed E-state index contributed by atoms with van der Waals surface area (Å²) in [6, 6.07) is 11.9. The average Bonchev–Trinajstić information content (AvgIpc) is 2.33. The molecule has 0 amide bonds. The van der Waals surface area contributed by atoms with Gasteiger partial charge in [0, 0.05) is 28.9 Å². The maximum absolute atomic E-state index is 5.91. The van der Waals surface area contributed by atoms with Crippen LogP contribution in [0.4, 0.5) is 5.69 Å². The summed E-state index contributed by atoms with van der Waals surface area (Å²) >= 11 is 5.59. The van der Waals surface area contributed by atoms with E-state index >= 15 is 0 Å². The minimum Gasteiger partial charge on any atom is -0.398 e. The Morgan fingerprint density at radius 3 is 2.56 bits per heavy atom. The molecule has 0 saturated heterocycles. The second-order valence-electron chi connectivity index (χ2n) is 3.49. The molecule has 2 aromatic carbocycles. The molecule has 0 aliphatic carbocycles. The lowest BCUT2D eigenvalue weighted by atomic mass is 10.0. The number of alkyl halides is 1. The van der Waals surface area contributed by atoms with Crippen LogP contribution in [0.15, 0.2) is 36.4 Å². The third-order valence-electron chi connectivity index (χ3n) is 2.40. The summed E-state index contributed by atoms with van der Waals surface area (Å²) in [5.41, 5.74) is 7.71.